The lowest BCUT2D eigenvalue weighted by molar-refractivity contribution is 0.0956. The van der Waals surface area contributed by atoms with Gasteiger partial charge in [-0.2, -0.15) is 5.10 Å². The molecule has 1 aromatic heterocycles. The number of benzene rings is 1. The molecule has 1 aromatic carbocycles. The van der Waals surface area contributed by atoms with Crippen LogP contribution in [0.25, 0.3) is 0 Å². The first-order chi connectivity index (χ1) is 11.6. The second-order valence-electron chi connectivity index (χ2n) is 5.46. The molecule has 9 heteroatoms. The van der Waals surface area contributed by atoms with Crippen molar-refractivity contribution in [2.45, 2.75) is 19.9 Å². The Balaban J connectivity index is 0.00000225. The van der Waals surface area contributed by atoms with E-state index in [1.165, 1.54) is 0 Å². The van der Waals surface area contributed by atoms with Crippen molar-refractivity contribution < 1.29 is 9.59 Å². The van der Waals surface area contributed by atoms with Gasteiger partial charge in [0.25, 0.3) is 11.8 Å². The van der Waals surface area contributed by atoms with Crippen LogP contribution < -0.4 is 16.0 Å². The number of rotatable bonds is 4. The zero-order valence-corrected chi connectivity index (χ0v) is 15.2. The van der Waals surface area contributed by atoms with Crippen LogP contribution in [-0.2, 0) is 13.0 Å². The van der Waals surface area contributed by atoms with Crippen molar-refractivity contribution in [1.29, 1.82) is 0 Å². The van der Waals surface area contributed by atoms with Crippen LogP contribution in [0.4, 0.5) is 5.69 Å². The Labute approximate surface area is 156 Å². The van der Waals surface area contributed by atoms with Crippen molar-refractivity contribution in [1.82, 2.24) is 20.8 Å². The molecule has 0 spiro atoms. The summed E-state index contributed by atoms with van der Waals surface area (Å²) in [7, 11) is 0. The summed E-state index contributed by atoms with van der Waals surface area (Å²) < 4.78 is 0. The van der Waals surface area contributed by atoms with E-state index in [4.69, 9.17) is 11.6 Å². The van der Waals surface area contributed by atoms with Crippen LogP contribution in [0.15, 0.2) is 18.2 Å². The van der Waals surface area contributed by atoms with Crippen molar-refractivity contribution in [3.63, 3.8) is 0 Å². The number of aromatic amines is 1. The van der Waals surface area contributed by atoms with E-state index in [9.17, 15) is 9.59 Å². The molecule has 0 bridgehead atoms. The predicted octanol–water partition coefficient (Wildman–Crippen LogP) is 2.13. The van der Waals surface area contributed by atoms with Gasteiger partial charge in [0, 0.05) is 42.3 Å². The van der Waals surface area contributed by atoms with E-state index in [2.05, 4.69) is 26.1 Å². The van der Waals surface area contributed by atoms with Crippen LogP contribution in [0.2, 0.25) is 5.02 Å². The molecular formula is C16H19Cl2N5O2. The van der Waals surface area contributed by atoms with E-state index in [1.54, 1.807) is 18.2 Å². The minimum atomic E-state index is -0.371. The SMILES string of the molecule is CCNC(=O)c1ccc(Cl)cc1NC(=O)c1n[nH]c2c1CNCC2.Cl. The number of hydrogen-bond donors (Lipinski definition) is 4. The fourth-order valence-electron chi connectivity index (χ4n) is 2.67. The van der Waals surface area contributed by atoms with Crippen molar-refractivity contribution in [3.8, 4) is 0 Å². The summed E-state index contributed by atoms with van der Waals surface area (Å²) >= 11 is 6.01. The molecule has 25 heavy (non-hydrogen) atoms. The van der Waals surface area contributed by atoms with Crippen molar-refractivity contribution >= 4 is 41.5 Å². The summed E-state index contributed by atoms with van der Waals surface area (Å²) in [4.78, 5) is 24.7. The van der Waals surface area contributed by atoms with E-state index >= 15 is 0 Å². The van der Waals surface area contributed by atoms with E-state index in [1.807, 2.05) is 6.92 Å². The topological polar surface area (TPSA) is 98.9 Å². The molecule has 3 rings (SSSR count). The predicted molar refractivity (Wildman–Crippen MR) is 98.7 cm³/mol. The molecular weight excluding hydrogens is 365 g/mol. The largest absolute Gasteiger partial charge is 0.352 e. The first-order valence-corrected chi connectivity index (χ1v) is 8.14. The van der Waals surface area contributed by atoms with Crippen LogP contribution in [0.3, 0.4) is 0 Å². The zero-order valence-electron chi connectivity index (χ0n) is 13.6. The lowest BCUT2D eigenvalue weighted by Crippen LogP contribution is -2.27. The van der Waals surface area contributed by atoms with Crippen LogP contribution in [0.5, 0.6) is 0 Å². The van der Waals surface area contributed by atoms with Crippen LogP contribution in [0, 0.1) is 0 Å². The highest BCUT2D eigenvalue weighted by Crippen LogP contribution is 2.23. The number of nitrogens with zero attached hydrogens (tertiary/aromatic N) is 1. The summed E-state index contributed by atoms with van der Waals surface area (Å²) in [6.07, 6.45) is 0.803. The maximum absolute atomic E-state index is 12.6. The number of nitrogens with one attached hydrogen (secondary N) is 4. The minimum Gasteiger partial charge on any atom is -0.352 e. The first kappa shape index (κ1) is 19.2. The van der Waals surface area contributed by atoms with Gasteiger partial charge in [-0.15, -0.1) is 12.4 Å². The Bertz CT molecular complexity index is 791. The van der Waals surface area contributed by atoms with E-state index in [0.29, 0.717) is 35.1 Å². The second-order valence-corrected chi connectivity index (χ2v) is 5.90. The Morgan fingerprint density at radius 1 is 1.32 bits per heavy atom. The van der Waals surface area contributed by atoms with Crippen LogP contribution in [-0.4, -0.2) is 35.1 Å². The van der Waals surface area contributed by atoms with Gasteiger partial charge in [-0.3, -0.25) is 14.7 Å². The summed E-state index contributed by atoms with van der Waals surface area (Å²) in [5.41, 5.74) is 2.88. The average Bonchev–Trinajstić information content (AvgIpc) is 2.99. The van der Waals surface area contributed by atoms with Gasteiger partial charge < -0.3 is 16.0 Å². The second kappa shape index (κ2) is 8.33. The molecule has 4 N–H and O–H groups in total. The Kier molecular flexibility index (Phi) is 6.41. The van der Waals surface area contributed by atoms with Crippen LogP contribution >= 0.6 is 24.0 Å². The van der Waals surface area contributed by atoms with Gasteiger partial charge in [-0.1, -0.05) is 11.6 Å². The Hall–Kier alpha value is -2.09. The number of hydrogen-bond acceptors (Lipinski definition) is 4. The molecule has 0 unspecified atom stereocenters. The van der Waals surface area contributed by atoms with E-state index in [-0.39, 0.29) is 24.2 Å². The normalized spacial score (nSPS) is 12.7. The third-order valence-corrected chi connectivity index (χ3v) is 4.07. The Morgan fingerprint density at radius 3 is 2.88 bits per heavy atom. The summed E-state index contributed by atoms with van der Waals surface area (Å²) in [6, 6.07) is 4.76. The molecule has 0 saturated heterocycles. The minimum absolute atomic E-state index is 0. The Morgan fingerprint density at radius 2 is 2.12 bits per heavy atom. The molecule has 1 aliphatic rings. The number of carbonyl (C=O) groups excluding carboxylic acids is 2. The number of halogens is 2. The lowest BCUT2D eigenvalue weighted by Gasteiger charge is -2.14. The highest BCUT2D eigenvalue weighted by molar-refractivity contribution is 6.31. The lowest BCUT2D eigenvalue weighted by atomic mass is 10.1. The average molecular weight is 384 g/mol. The van der Waals surface area contributed by atoms with Gasteiger partial charge in [0.15, 0.2) is 5.69 Å². The highest BCUT2D eigenvalue weighted by Gasteiger charge is 2.23. The molecule has 134 valence electrons. The van der Waals surface area contributed by atoms with Gasteiger partial charge in [-0.25, -0.2) is 0 Å². The molecule has 2 amide bonds. The van der Waals surface area contributed by atoms with Crippen LogP contribution in [0.1, 0.15) is 39.0 Å². The van der Waals surface area contributed by atoms with Gasteiger partial charge in [0.2, 0.25) is 0 Å². The maximum atomic E-state index is 12.6. The maximum Gasteiger partial charge on any atom is 0.276 e. The third-order valence-electron chi connectivity index (χ3n) is 3.83. The molecule has 0 saturated carbocycles. The number of anilines is 1. The number of carbonyl (C=O) groups is 2. The zero-order chi connectivity index (χ0) is 17.1. The standard InChI is InChI=1S/C16H18ClN5O2.ClH/c1-2-19-15(23)10-4-3-9(17)7-13(10)20-16(24)14-11-8-18-6-5-12(11)21-22-14;/h3-4,7,18H,2,5-6,8H2,1H3,(H,19,23)(H,20,24)(H,21,22);1H. The molecule has 7 nitrogen and oxygen atoms in total. The van der Waals surface area contributed by atoms with Crippen molar-refractivity contribution in [2.24, 2.45) is 0 Å². The summed E-state index contributed by atoms with van der Waals surface area (Å²) in [5, 5.41) is 16.1. The smallest absolute Gasteiger partial charge is 0.276 e. The number of aromatic nitrogens is 2. The number of amides is 2. The molecule has 0 radical (unpaired) electrons. The van der Waals surface area contributed by atoms with Gasteiger partial charge in [-0.05, 0) is 25.1 Å². The molecule has 2 aromatic rings. The molecule has 0 atom stereocenters. The number of fused-ring (bicyclic) bond motifs is 1. The first-order valence-electron chi connectivity index (χ1n) is 7.76. The van der Waals surface area contributed by atoms with E-state index < -0.39 is 0 Å². The van der Waals surface area contributed by atoms with Crippen molar-refractivity contribution in [2.75, 3.05) is 18.4 Å². The monoisotopic (exact) mass is 383 g/mol. The van der Waals surface area contributed by atoms with E-state index in [0.717, 1.165) is 24.2 Å². The summed E-state index contributed by atoms with van der Waals surface area (Å²) in [6.45, 7) is 3.77. The third kappa shape index (κ3) is 4.12. The van der Waals surface area contributed by atoms with Crippen molar-refractivity contribution in [3.05, 3.63) is 45.7 Å². The van der Waals surface area contributed by atoms with Gasteiger partial charge in [0.1, 0.15) is 0 Å². The quantitative estimate of drug-likeness (QED) is 0.649. The molecule has 1 aliphatic heterocycles. The number of H-pyrrole nitrogens is 1. The van der Waals surface area contributed by atoms with Gasteiger partial charge >= 0.3 is 0 Å². The highest BCUT2D eigenvalue weighted by atomic mass is 35.5. The molecule has 0 aliphatic carbocycles. The molecule has 2 heterocycles. The molecule has 0 fully saturated rings. The fourth-order valence-corrected chi connectivity index (χ4v) is 2.84. The summed E-state index contributed by atoms with van der Waals surface area (Å²) in [5.74, 6) is -0.640. The fraction of sp³-hybridized carbons (Fsp3) is 0.312. The van der Waals surface area contributed by atoms with Gasteiger partial charge in [0.05, 0.1) is 11.3 Å².